The maximum atomic E-state index is 12.9. The maximum Gasteiger partial charge on any atom is 0.272 e. The molecule has 0 aliphatic heterocycles. The van der Waals surface area contributed by atoms with Gasteiger partial charge in [0.05, 0.1) is 18.0 Å². The molecule has 1 heterocycles. The standard InChI is InChI=1S/C20H24N4O3S/c1-16(12-13-17-8-6-7-9-18(17)14-27-2)15-28(25,26)20-21-22-23-24(20)19-10-4-3-5-11-19/h3-11,16H,12-15H2,1-2H3. The molecule has 0 N–H and O–H groups in total. The number of ether oxygens (including phenoxy) is 1. The average Bonchev–Trinajstić information content (AvgIpc) is 3.19. The highest BCUT2D eigenvalue weighted by molar-refractivity contribution is 7.91. The first-order chi connectivity index (χ1) is 13.5. The number of rotatable bonds is 9. The van der Waals surface area contributed by atoms with E-state index in [1.54, 1.807) is 19.2 Å². The monoisotopic (exact) mass is 400 g/mol. The van der Waals surface area contributed by atoms with Gasteiger partial charge in [-0.1, -0.05) is 54.5 Å². The lowest BCUT2D eigenvalue weighted by Gasteiger charge is -2.14. The van der Waals surface area contributed by atoms with Crippen molar-refractivity contribution in [3.63, 3.8) is 0 Å². The van der Waals surface area contributed by atoms with Crippen molar-refractivity contribution < 1.29 is 13.2 Å². The Morgan fingerprint density at radius 2 is 1.71 bits per heavy atom. The van der Waals surface area contributed by atoms with Gasteiger partial charge in [-0.25, -0.2) is 8.42 Å². The molecule has 0 bridgehead atoms. The minimum atomic E-state index is -3.62. The number of para-hydroxylation sites is 1. The topological polar surface area (TPSA) is 87.0 Å². The summed E-state index contributed by atoms with van der Waals surface area (Å²) in [5.74, 6) is -0.0475. The number of tetrazole rings is 1. The molecule has 0 saturated heterocycles. The molecule has 0 spiro atoms. The molecule has 148 valence electrons. The second kappa shape index (κ2) is 9.07. The summed E-state index contributed by atoms with van der Waals surface area (Å²) >= 11 is 0. The van der Waals surface area contributed by atoms with Gasteiger partial charge in [0.15, 0.2) is 0 Å². The van der Waals surface area contributed by atoms with E-state index < -0.39 is 9.84 Å². The normalized spacial score (nSPS) is 12.8. The highest BCUT2D eigenvalue weighted by atomic mass is 32.2. The van der Waals surface area contributed by atoms with Gasteiger partial charge in [0.2, 0.25) is 9.84 Å². The van der Waals surface area contributed by atoms with Crippen molar-refractivity contribution in [1.82, 2.24) is 20.2 Å². The van der Waals surface area contributed by atoms with Crippen LogP contribution < -0.4 is 0 Å². The number of methoxy groups -OCH3 is 1. The second-order valence-electron chi connectivity index (χ2n) is 6.84. The number of nitrogens with zero attached hydrogens (tertiary/aromatic N) is 4. The number of aryl methyl sites for hydroxylation is 1. The lowest BCUT2D eigenvalue weighted by atomic mass is 9.99. The van der Waals surface area contributed by atoms with Crippen LogP contribution in [0.15, 0.2) is 59.8 Å². The van der Waals surface area contributed by atoms with Crippen LogP contribution in [0.3, 0.4) is 0 Å². The molecule has 8 heteroatoms. The summed E-state index contributed by atoms with van der Waals surface area (Å²) in [7, 11) is -1.95. The lowest BCUT2D eigenvalue weighted by Crippen LogP contribution is -2.19. The van der Waals surface area contributed by atoms with E-state index in [0.29, 0.717) is 12.3 Å². The maximum absolute atomic E-state index is 12.9. The third-order valence-electron chi connectivity index (χ3n) is 4.55. The molecule has 1 atom stereocenters. The molecule has 1 aromatic heterocycles. The minimum Gasteiger partial charge on any atom is -0.380 e. The van der Waals surface area contributed by atoms with Crippen molar-refractivity contribution in [2.24, 2.45) is 5.92 Å². The summed E-state index contributed by atoms with van der Waals surface area (Å²) in [4.78, 5) is 0. The molecule has 0 amide bonds. The quantitative estimate of drug-likeness (QED) is 0.549. The van der Waals surface area contributed by atoms with Crippen LogP contribution in [0.4, 0.5) is 0 Å². The molecule has 0 aliphatic rings. The summed E-state index contributed by atoms with van der Waals surface area (Å²) in [6.07, 6.45) is 1.53. The molecule has 0 aliphatic carbocycles. The van der Waals surface area contributed by atoms with Gasteiger partial charge in [0, 0.05) is 7.11 Å². The Kier molecular flexibility index (Phi) is 6.53. The van der Waals surface area contributed by atoms with Crippen LogP contribution in [0.5, 0.6) is 0 Å². The van der Waals surface area contributed by atoms with Gasteiger partial charge in [-0.05, 0) is 52.4 Å². The SMILES string of the molecule is COCc1ccccc1CCC(C)CS(=O)(=O)c1nnnn1-c1ccccc1. The first-order valence-electron chi connectivity index (χ1n) is 9.13. The van der Waals surface area contributed by atoms with Crippen LogP contribution in [-0.2, 0) is 27.6 Å². The van der Waals surface area contributed by atoms with E-state index in [1.165, 1.54) is 10.2 Å². The Morgan fingerprint density at radius 1 is 1.04 bits per heavy atom. The molecule has 0 fully saturated rings. The number of sulfone groups is 1. The van der Waals surface area contributed by atoms with Gasteiger partial charge in [-0.3, -0.25) is 0 Å². The van der Waals surface area contributed by atoms with E-state index in [0.717, 1.165) is 18.4 Å². The van der Waals surface area contributed by atoms with E-state index in [4.69, 9.17) is 4.74 Å². The fourth-order valence-electron chi connectivity index (χ4n) is 3.14. The highest BCUT2D eigenvalue weighted by Crippen LogP contribution is 2.19. The van der Waals surface area contributed by atoms with Gasteiger partial charge in [-0.2, -0.15) is 4.68 Å². The Hall–Kier alpha value is -2.58. The highest BCUT2D eigenvalue weighted by Gasteiger charge is 2.26. The van der Waals surface area contributed by atoms with E-state index in [1.807, 2.05) is 43.3 Å². The van der Waals surface area contributed by atoms with Gasteiger partial charge in [0.25, 0.3) is 5.16 Å². The third-order valence-corrected chi connectivity index (χ3v) is 6.37. The van der Waals surface area contributed by atoms with E-state index in [9.17, 15) is 8.42 Å². The fraction of sp³-hybridized carbons (Fsp3) is 0.350. The Labute approximate surface area is 165 Å². The van der Waals surface area contributed by atoms with Crippen LogP contribution in [0.1, 0.15) is 24.5 Å². The summed E-state index contributed by atoms with van der Waals surface area (Å²) in [5, 5.41) is 11.1. The van der Waals surface area contributed by atoms with Crippen LogP contribution in [0, 0.1) is 5.92 Å². The molecule has 28 heavy (non-hydrogen) atoms. The second-order valence-corrected chi connectivity index (χ2v) is 8.76. The molecule has 1 unspecified atom stereocenters. The third kappa shape index (κ3) is 4.82. The first-order valence-corrected chi connectivity index (χ1v) is 10.8. The van der Waals surface area contributed by atoms with Gasteiger partial charge < -0.3 is 4.74 Å². The molecule has 2 aromatic carbocycles. The molecule has 7 nitrogen and oxygen atoms in total. The Bertz CT molecular complexity index is 1000. The molecule has 3 rings (SSSR count). The van der Waals surface area contributed by atoms with Gasteiger partial charge in [-0.15, -0.1) is 0 Å². The van der Waals surface area contributed by atoms with Crippen molar-refractivity contribution in [2.45, 2.75) is 31.5 Å². The van der Waals surface area contributed by atoms with Crippen LogP contribution >= 0.6 is 0 Å². The zero-order valence-electron chi connectivity index (χ0n) is 16.0. The predicted octanol–water partition coefficient (Wildman–Crippen LogP) is 2.85. The largest absolute Gasteiger partial charge is 0.380 e. The first kappa shape index (κ1) is 20.2. The summed E-state index contributed by atoms with van der Waals surface area (Å²) in [5.41, 5.74) is 2.93. The van der Waals surface area contributed by atoms with Crippen molar-refractivity contribution in [2.75, 3.05) is 12.9 Å². The van der Waals surface area contributed by atoms with Crippen LogP contribution in [0.25, 0.3) is 5.69 Å². The van der Waals surface area contributed by atoms with Crippen molar-refractivity contribution >= 4 is 9.84 Å². The van der Waals surface area contributed by atoms with E-state index >= 15 is 0 Å². The zero-order valence-corrected chi connectivity index (χ0v) is 16.8. The predicted molar refractivity (Wildman–Crippen MR) is 106 cm³/mol. The van der Waals surface area contributed by atoms with Crippen molar-refractivity contribution in [1.29, 1.82) is 0 Å². The zero-order chi connectivity index (χ0) is 20.0. The molecular weight excluding hydrogens is 376 g/mol. The Balaban J connectivity index is 1.69. The van der Waals surface area contributed by atoms with Crippen LogP contribution in [-0.4, -0.2) is 41.5 Å². The van der Waals surface area contributed by atoms with E-state index in [-0.39, 0.29) is 16.8 Å². The number of aromatic nitrogens is 4. The lowest BCUT2D eigenvalue weighted by molar-refractivity contribution is 0.184. The van der Waals surface area contributed by atoms with E-state index in [2.05, 4.69) is 21.6 Å². The van der Waals surface area contributed by atoms with Crippen molar-refractivity contribution in [3.05, 3.63) is 65.7 Å². The molecular formula is C20H24N4O3S. The van der Waals surface area contributed by atoms with Crippen LogP contribution in [0.2, 0.25) is 0 Å². The number of hydrogen-bond acceptors (Lipinski definition) is 6. The average molecular weight is 401 g/mol. The Morgan fingerprint density at radius 3 is 2.43 bits per heavy atom. The summed E-state index contributed by atoms with van der Waals surface area (Å²) in [6, 6.07) is 17.1. The molecule has 0 saturated carbocycles. The summed E-state index contributed by atoms with van der Waals surface area (Å²) in [6.45, 7) is 2.49. The number of benzene rings is 2. The minimum absolute atomic E-state index is 0.00729. The summed E-state index contributed by atoms with van der Waals surface area (Å²) < 4.78 is 32.3. The smallest absolute Gasteiger partial charge is 0.272 e. The van der Waals surface area contributed by atoms with Gasteiger partial charge in [0.1, 0.15) is 0 Å². The number of hydrogen-bond donors (Lipinski definition) is 0. The van der Waals surface area contributed by atoms with Gasteiger partial charge >= 0.3 is 0 Å². The fourth-order valence-corrected chi connectivity index (χ4v) is 4.77. The molecule has 3 aromatic rings. The molecule has 0 radical (unpaired) electrons. The van der Waals surface area contributed by atoms with Crippen molar-refractivity contribution in [3.8, 4) is 5.69 Å².